The maximum atomic E-state index is 11.7. The Bertz CT molecular complexity index is 618. The van der Waals surface area contributed by atoms with Crippen molar-refractivity contribution in [1.82, 2.24) is 4.98 Å². The molecule has 0 aliphatic heterocycles. The summed E-state index contributed by atoms with van der Waals surface area (Å²) in [6, 6.07) is 5.01. The molecule has 2 aromatic rings. The Kier molecular flexibility index (Phi) is 4.34. The fraction of sp³-hybridized carbons (Fsp3) is 0.286. The molecule has 2 rings (SSSR count). The van der Waals surface area contributed by atoms with E-state index >= 15 is 0 Å². The van der Waals surface area contributed by atoms with Crippen molar-refractivity contribution in [1.29, 1.82) is 0 Å². The number of carbonyl (C=O) groups is 1. The van der Waals surface area contributed by atoms with Crippen molar-refractivity contribution in [2.75, 3.05) is 12.3 Å². The fourth-order valence-electron chi connectivity index (χ4n) is 1.55. The van der Waals surface area contributed by atoms with Gasteiger partial charge in [-0.05, 0) is 50.7 Å². The number of benzene rings is 1. The second-order valence-electron chi connectivity index (χ2n) is 4.20. The predicted molar refractivity (Wildman–Crippen MR) is 76.9 cm³/mol. The number of hydrogen-bond donors (Lipinski definition) is 1. The number of aryl methyl sites for hydroxylation is 2. The molecule has 2 N–H and O–H groups in total. The van der Waals surface area contributed by atoms with Crippen molar-refractivity contribution < 1.29 is 13.9 Å². The topological polar surface area (TPSA) is 78.4 Å². The molecule has 6 heteroatoms. The van der Waals surface area contributed by atoms with Gasteiger partial charge >= 0.3 is 5.97 Å². The molecular weight excluding hydrogens is 276 g/mol. The van der Waals surface area contributed by atoms with E-state index in [1.165, 1.54) is 11.8 Å². The number of carbonyl (C=O) groups excluding carboxylic acids is 1. The van der Waals surface area contributed by atoms with Crippen molar-refractivity contribution in [3.63, 3.8) is 0 Å². The molecule has 0 saturated heterocycles. The third-order valence-electron chi connectivity index (χ3n) is 2.73. The number of anilines is 1. The van der Waals surface area contributed by atoms with Crippen LogP contribution in [0.3, 0.4) is 0 Å². The van der Waals surface area contributed by atoms with Crippen molar-refractivity contribution in [3.8, 4) is 0 Å². The molecule has 0 saturated carbocycles. The molecule has 0 bridgehead atoms. The van der Waals surface area contributed by atoms with Gasteiger partial charge in [-0.25, -0.2) is 9.78 Å². The number of hydrogen-bond acceptors (Lipinski definition) is 6. The number of ether oxygens (including phenoxy) is 1. The number of aromatic nitrogens is 1. The normalized spacial score (nSPS) is 10.6. The van der Waals surface area contributed by atoms with Crippen LogP contribution >= 0.6 is 11.8 Å². The van der Waals surface area contributed by atoms with Gasteiger partial charge < -0.3 is 14.9 Å². The lowest BCUT2D eigenvalue weighted by atomic mass is 10.2. The van der Waals surface area contributed by atoms with Gasteiger partial charge in [0.2, 0.25) is 0 Å². The number of oxazole rings is 1. The van der Waals surface area contributed by atoms with Crippen molar-refractivity contribution >= 4 is 23.4 Å². The molecule has 0 aliphatic rings. The summed E-state index contributed by atoms with van der Waals surface area (Å²) in [5.74, 6) is 0.404. The Hall–Kier alpha value is -1.95. The molecule has 0 amide bonds. The van der Waals surface area contributed by atoms with Gasteiger partial charge in [0.15, 0.2) is 0 Å². The number of rotatable bonds is 4. The van der Waals surface area contributed by atoms with E-state index in [0.29, 0.717) is 23.1 Å². The smallest absolute Gasteiger partial charge is 0.338 e. The van der Waals surface area contributed by atoms with E-state index in [2.05, 4.69) is 4.98 Å². The van der Waals surface area contributed by atoms with Crippen LogP contribution < -0.4 is 5.73 Å². The third kappa shape index (κ3) is 3.14. The largest absolute Gasteiger partial charge is 0.462 e. The lowest BCUT2D eigenvalue weighted by Crippen LogP contribution is -2.05. The zero-order valence-electron chi connectivity index (χ0n) is 11.6. The molecular formula is C14H16N2O3S. The zero-order valence-corrected chi connectivity index (χ0v) is 12.4. The summed E-state index contributed by atoms with van der Waals surface area (Å²) >= 11 is 1.29. The first-order chi connectivity index (χ1) is 9.51. The van der Waals surface area contributed by atoms with E-state index in [0.717, 1.165) is 16.3 Å². The molecule has 0 unspecified atom stereocenters. The second-order valence-corrected chi connectivity index (χ2v) is 5.19. The summed E-state index contributed by atoms with van der Waals surface area (Å²) in [5, 5.41) is 0.507. The highest BCUT2D eigenvalue weighted by atomic mass is 32.2. The SMILES string of the molecule is CCOC(=O)c1ccc(N)c(Sc2nc(C)c(C)o2)c1. The van der Waals surface area contributed by atoms with Gasteiger partial charge in [-0.3, -0.25) is 0 Å². The number of nitrogens with two attached hydrogens (primary N) is 1. The van der Waals surface area contributed by atoms with Gasteiger partial charge in [0.1, 0.15) is 5.76 Å². The molecule has 1 heterocycles. The Morgan fingerprint density at radius 3 is 2.80 bits per heavy atom. The van der Waals surface area contributed by atoms with Crippen LogP contribution in [-0.2, 0) is 4.74 Å². The summed E-state index contributed by atoms with van der Waals surface area (Å²) in [6.07, 6.45) is 0. The summed E-state index contributed by atoms with van der Waals surface area (Å²) in [6.45, 7) is 5.83. The van der Waals surface area contributed by atoms with Gasteiger partial charge in [-0.1, -0.05) is 0 Å². The summed E-state index contributed by atoms with van der Waals surface area (Å²) in [5.41, 5.74) is 7.78. The molecule has 5 nitrogen and oxygen atoms in total. The molecule has 1 aromatic carbocycles. The Balaban J connectivity index is 2.26. The van der Waals surface area contributed by atoms with Gasteiger partial charge in [-0.15, -0.1) is 0 Å². The Morgan fingerprint density at radius 2 is 2.20 bits per heavy atom. The van der Waals surface area contributed by atoms with Crippen LogP contribution in [0.4, 0.5) is 5.69 Å². The number of esters is 1. The molecule has 0 atom stereocenters. The average molecular weight is 292 g/mol. The molecule has 20 heavy (non-hydrogen) atoms. The molecule has 0 fully saturated rings. The van der Waals surface area contributed by atoms with E-state index in [4.69, 9.17) is 14.9 Å². The van der Waals surface area contributed by atoms with Crippen LogP contribution in [0, 0.1) is 13.8 Å². The van der Waals surface area contributed by atoms with Crippen molar-refractivity contribution in [3.05, 3.63) is 35.2 Å². The van der Waals surface area contributed by atoms with E-state index in [1.807, 2.05) is 13.8 Å². The zero-order chi connectivity index (χ0) is 14.7. The summed E-state index contributed by atoms with van der Waals surface area (Å²) in [4.78, 5) is 16.7. The minimum atomic E-state index is -0.367. The standard InChI is InChI=1S/C14H16N2O3S/c1-4-18-13(17)10-5-6-11(15)12(7-10)20-14-16-8(2)9(3)19-14/h5-7H,4,15H2,1-3H3. The van der Waals surface area contributed by atoms with Crippen LogP contribution in [-0.4, -0.2) is 17.6 Å². The monoisotopic (exact) mass is 292 g/mol. The van der Waals surface area contributed by atoms with Gasteiger partial charge in [-0.2, -0.15) is 0 Å². The van der Waals surface area contributed by atoms with Crippen molar-refractivity contribution in [2.24, 2.45) is 0 Å². The maximum absolute atomic E-state index is 11.7. The van der Waals surface area contributed by atoms with Crippen LogP contribution in [0.1, 0.15) is 28.7 Å². The van der Waals surface area contributed by atoms with Crippen molar-refractivity contribution in [2.45, 2.75) is 30.9 Å². The molecule has 1 aromatic heterocycles. The molecule has 0 radical (unpaired) electrons. The lowest BCUT2D eigenvalue weighted by molar-refractivity contribution is 0.0526. The first-order valence-electron chi connectivity index (χ1n) is 6.19. The van der Waals surface area contributed by atoms with Crippen LogP contribution in [0.25, 0.3) is 0 Å². The van der Waals surface area contributed by atoms with E-state index in [1.54, 1.807) is 25.1 Å². The Labute approximate surface area is 121 Å². The van der Waals surface area contributed by atoms with Crippen LogP contribution in [0.2, 0.25) is 0 Å². The highest BCUT2D eigenvalue weighted by Gasteiger charge is 2.13. The number of nitrogen functional groups attached to an aromatic ring is 1. The van der Waals surface area contributed by atoms with Crippen LogP contribution in [0.15, 0.2) is 32.7 Å². The van der Waals surface area contributed by atoms with E-state index in [-0.39, 0.29) is 5.97 Å². The Morgan fingerprint density at radius 1 is 1.45 bits per heavy atom. The predicted octanol–water partition coefficient (Wildman–Crippen LogP) is 3.20. The summed E-state index contributed by atoms with van der Waals surface area (Å²) in [7, 11) is 0. The second kappa shape index (κ2) is 6.00. The highest BCUT2D eigenvalue weighted by molar-refractivity contribution is 7.99. The van der Waals surface area contributed by atoms with Crippen LogP contribution in [0.5, 0.6) is 0 Å². The van der Waals surface area contributed by atoms with Gasteiger partial charge in [0.05, 0.1) is 17.9 Å². The van der Waals surface area contributed by atoms with Gasteiger partial charge in [0, 0.05) is 10.6 Å². The minimum Gasteiger partial charge on any atom is -0.462 e. The molecule has 0 aliphatic carbocycles. The third-order valence-corrected chi connectivity index (χ3v) is 3.65. The quantitative estimate of drug-likeness (QED) is 0.688. The average Bonchev–Trinajstić information content (AvgIpc) is 2.71. The maximum Gasteiger partial charge on any atom is 0.338 e. The molecule has 106 valence electrons. The van der Waals surface area contributed by atoms with E-state index < -0.39 is 0 Å². The first-order valence-corrected chi connectivity index (χ1v) is 7.01. The molecule has 0 spiro atoms. The fourth-order valence-corrected chi connectivity index (χ4v) is 2.45. The van der Waals surface area contributed by atoms with E-state index in [9.17, 15) is 4.79 Å². The first kappa shape index (κ1) is 14.5. The summed E-state index contributed by atoms with van der Waals surface area (Å²) < 4.78 is 10.5. The lowest BCUT2D eigenvalue weighted by Gasteiger charge is -2.06. The minimum absolute atomic E-state index is 0.337. The number of nitrogens with zero attached hydrogens (tertiary/aromatic N) is 1. The highest BCUT2D eigenvalue weighted by Crippen LogP contribution is 2.33. The van der Waals surface area contributed by atoms with Gasteiger partial charge in [0.25, 0.3) is 5.22 Å².